The van der Waals surface area contributed by atoms with Crippen LogP contribution < -0.4 is 16.6 Å². The van der Waals surface area contributed by atoms with E-state index in [1.807, 2.05) is 6.92 Å². The van der Waals surface area contributed by atoms with Gasteiger partial charge in [-0.15, -0.1) is 0 Å². The van der Waals surface area contributed by atoms with Gasteiger partial charge in [-0.1, -0.05) is 6.92 Å². The molecule has 0 aliphatic carbocycles. The molecule has 0 amide bonds. The molecule has 0 aliphatic rings. The summed E-state index contributed by atoms with van der Waals surface area (Å²) in [7, 11) is 0. The molecule has 1 aromatic heterocycles. The summed E-state index contributed by atoms with van der Waals surface area (Å²) < 4.78 is 36.0. The number of hydrazine groups is 1. The van der Waals surface area contributed by atoms with Crippen molar-refractivity contribution >= 4 is 11.6 Å². The average molecular weight is 291 g/mol. The van der Waals surface area contributed by atoms with Gasteiger partial charge < -0.3 is 10.7 Å². The predicted octanol–water partition coefficient (Wildman–Crippen LogP) is 2.78. The Bertz CT molecular complexity index is 434. The number of rotatable bonds is 7. The molecule has 0 saturated carbocycles. The van der Waals surface area contributed by atoms with E-state index < -0.39 is 12.6 Å². The monoisotopic (exact) mass is 291 g/mol. The lowest BCUT2D eigenvalue weighted by atomic mass is 10.2. The average Bonchev–Trinajstić information content (AvgIpc) is 2.38. The number of hydrogen-bond acceptors (Lipinski definition) is 5. The second-order valence-corrected chi connectivity index (χ2v) is 4.46. The first-order valence-electron chi connectivity index (χ1n) is 6.52. The Morgan fingerprint density at radius 3 is 2.35 bits per heavy atom. The van der Waals surface area contributed by atoms with E-state index in [0.29, 0.717) is 36.8 Å². The molecule has 5 nitrogen and oxygen atoms in total. The fourth-order valence-electron chi connectivity index (χ4n) is 1.69. The number of anilines is 2. The number of unbranched alkanes of at least 4 members (excludes halogenated alkanes) is 1. The summed E-state index contributed by atoms with van der Waals surface area (Å²) in [5.41, 5.74) is 3.24. The summed E-state index contributed by atoms with van der Waals surface area (Å²) in [6.07, 6.45) is -3.67. The Balaban J connectivity index is 2.55. The molecule has 0 atom stereocenters. The number of hydrogen-bond donors (Lipinski definition) is 3. The van der Waals surface area contributed by atoms with E-state index in [-0.39, 0.29) is 6.42 Å². The van der Waals surface area contributed by atoms with Crippen molar-refractivity contribution in [3.05, 3.63) is 11.4 Å². The number of nitrogens with two attached hydrogens (primary N) is 1. The van der Waals surface area contributed by atoms with Gasteiger partial charge in [-0.2, -0.15) is 13.2 Å². The van der Waals surface area contributed by atoms with Crippen LogP contribution in [0.25, 0.3) is 0 Å². The van der Waals surface area contributed by atoms with E-state index in [2.05, 4.69) is 20.7 Å². The summed E-state index contributed by atoms with van der Waals surface area (Å²) >= 11 is 0. The van der Waals surface area contributed by atoms with Crippen molar-refractivity contribution in [1.29, 1.82) is 0 Å². The van der Waals surface area contributed by atoms with E-state index in [9.17, 15) is 13.2 Å². The Kier molecular flexibility index (Phi) is 6.00. The van der Waals surface area contributed by atoms with E-state index in [1.165, 1.54) is 0 Å². The van der Waals surface area contributed by atoms with Gasteiger partial charge in [-0.3, -0.25) is 0 Å². The highest BCUT2D eigenvalue weighted by Crippen LogP contribution is 2.23. The lowest BCUT2D eigenvalue weighted by Crippen LogP contribution is -2.15. The van der Waals surface area contributed by atoms with Crippen molar-refractivity contribution < 1.29 is 13.2 Å². The second kappa shape index (κ2) is 7.28. The fourth-order valence-corrected chi connectivity index (χ4v) is 1.69. The molecule has 1 rings (SSSR count). The molecule has 0 aliphatic heterocycles. The molecule has 0 radical (unpaired) electrons. The minimum absolute atomic E-state index is 0.100. The summed E-state index contributed by atoms with van der Waals surface area (Å²) in [5, 5.41) is 3.03. The molecular weight excluding hydrogens is 271 g/mol. The van der Waals surface area contributed by atoms with Crippen LogP contribution in [0.2, 0.25) is 0 Å². The molecule has 114 valence electrons. The zero-order chi connectivity index (χ0) is 15.2. The maximum atomic E-state index is 12.0. The van der Waals surface area contributed by atoms with Crippen molar-refractivity contribution in [1.82, 2.24) is 9.97 Å². The molecular formula is C12H20F3N5. The number of aryl methyl sites for hydroxylation is 1. The van der Waals surface area contributed by atoms with Gasteiger partial charge in [0.1, 0.15) is 17.5 Å². The summed E-state index contributed by atoms with van der Waals surface area (Å²) in [5.74, 6) is 7.13. The van der Waals surface area contributed by atoms with E-state index >= 15 is 0 Å². The molecule has 4 N–H and O–H groups in total. The lowest BCUT2D eigenvalue weighted by molar-refractivity contribution is -0.135. The zero-order valence-corrected chi connectivity index (χ0v) is 11.6. The first-order valence-corrected chi connectivity index (χ1v) is 6.52. The second-order valence-electron chi connectivity index (χ2n) is 4.46. The molecule has 0 fully saturated rings. The molecule has 0 unspecified atom stereocenters. The summed E-state index contributed by atoms with van der Waals surface area (Å²) in [4.78, 5) is 8.52. The van der Waals surface area contributed by atoms with Gasteiger partial charge in [0.15, 0.2) is 0 Å². The third-order valence-corrected chi connectivity index (χ3v) is 2.82. The number of aromatic nitrogens is 2. The van der Waals surface area contributed by atoms with E-state index in [1.54, 1.807) is 6.92 Å². The van der Waals surface area contributed by atoms with Crippen molar-refractivity contribution in [3.63, 3.8) is 0 Å². The van der Waals surface area contributed by atoms with Crippen LogP contribution in [0.1, 0.15) is 37.6 Å². The summed E-state index contributed by atoms with van der Waals surface area (Å²) in [6.45, 7) is 4.14. The minimum atomic E-state index is -4.09. The van der Waals surface area contributed by atoms with E-state index in [4.69, 9.17) is 5.84 Å². The summed E-state index contributed by atoms with van der Waals surface area (Å²) in [6, 6.07) is 0. The minimum Gasteiger partial charge on any atom is -0.370 e. The molecule has 20 heavy (non-hydrogen) atoms. The number of nitrogens with one attached hydrogen (secondary N) is 2. The van der Waals surface area contributed by atoms with Crippen LogP contribution in [0.3, 0.4) is 0 Å². The number of nitrogen functional groups attached to an aromatic ring is 1. The smallest absolute Gasteiger partial charge is 0.370 e. The van der Waals surface area contributed by atoms with Gasteiger partial charge >= 0.3 is 6.18 Å². The number of alkyl halides is 3. The fraction of sp³-hybridized carbons (Fsp3) is 0.667. The maximum absolute atomic E-state index is 12.0. The Morgan fingerprint density at radius 2 is 1.80 bits per heavy atom. The Labute approximate surface area is 116 Å². The van der Waals surface area contributed by atoms with Crippen LogP contribution in [-0.2, 0) is 6.42 Å². The maximum Gasteiger partial charge on any atom is 0.389 e. The molecule has 0 bridgehead atoms. The molecule has 8 heteroatoms. The van der Waals surface area contributed by atoms with E-state index in [0.717, 1.165) is 5.56 Å². The van der Waals surface area contributed by atoms with Gasteiger partial charge in [0, 0.05) is 24.9 Å². The first-order chi connectivity index (χ1) is 9.37. The molecule has 1 aromatic rings. The van der Waals surface area contributed by atoms with Gasteiger partial charge in [-0.05, 0) is 19.8 Å². The lowest BCUT2D eigenvalue weighted by Gasteiger charge is -2.13. The van der Waals surface area contributed by atoms with Gasteiger partial charge in [-0.25, -0.2) is 15.8 Å². The van der Waals surface area contributed by atoms with Crippen molar-refractivity contribution in [2.75, 3.05) is 17.3 Å². The largest absolute Gasteiger partial charge is 0.389 e. The van der Waals surface area contributed by atoms with Gasteiger partial charge in [0.25, 0.3) is 0 Å². The van der Waals surface area contributed by atoms with Crippen LogP contribution in [0.5, 0.6) is 0 Å². The van der Waals surface area contributed by atoms with Crippen LogP contribution >= 0.6 is 0 Å². The zero-order valence-electron chi connectivity index (χ0n) is 11.6. The molecule has 1 heterocycles. The molecule has 0 spiro atoms. The van der Waals surface area contributed by atoms with Crippen LogP contribution in [0, 0.1) is 6.92 Å². The predicted molar refractivity (Wildman–Crippen MR) is 72.4 cm³/mol. The topological polar surface area (TPSA) is 75.9 Å². The molecule has 0 aromatic carbocycles. The molecule has 0 saturated heterocycles. The normalized spacial score (nSPS) is 11.5. The highest BCUT2D eigenvalue weighted by atomic mass is 19.4. The van der Waals surface area contributed by atoms with Crippen LogP contribution in [0.4, 0.5) is 24.8 Å². The quantitative estimate of drug-likeness (QED) is 0.409. The van der Waals surface area contributed by atoms with Crippen molar-refractivity contribution in [2.24, 2.45) is 5.84 Å². The SMILES string of the molecule is CCc1nc(NN)c(C)c(NCCCCC(F)(F)F)n1. The number of halogens is 3. The third kappa shape index (κ3) is 5.20. The van der Waals surface area contributed by atoms with Crippen molar-refractivity contribution in [3.8, 4) is 0 Å². The van der Waals surface area contributed by atoms with Crippen LogP contribution in [0.15, 0.2) is 0 Å². The Hall–Kier alpha value is -1.57. The number of nitrogens with zero attached hydrogens (tertiary/aromatic N) is 2. The standard InChI is InChI=1S/C12H20F3N5/c1-3-9-18-10(8(2)11(19-9)20-16)17-7-5-4-6-12(13,14)15/h3-7,16H2,1-2H3,(H2,17,18,19,20). The highest BCUT2D eigenvalue weighted by molar-refractivity contribution is 5.56. The first kappa shape index (κ1) is 16.5. The van der Waals surface area contributed by atoms with Crippen molar-refractivity contribution in [2.45, 2.75) is 45.7 Å². The van der Waals surface area contributed by atoms with Gasteiger partial charge in [0.2, 0.25) is 0 Å². The highest BCUT2D eigenvalue weighted by Gasteiger charge is 2.25. The van der Waals surface area contributed by atoms with Gasteiger partial charge in [0.05, 0.1) is 0 Å². The third-order valence-electron chi connectivity index (χ3n) is 2.82. The van der Waals surface area contributed by atoms with Crippen LogP contribution in [-0.4, -0.2) is 22.7 Å². The Morgan fingerprint density at radius 1 is 1.15 bits per heavy atom.